The van der Waals surface area contributed by atoms with Gasteiger partial charge in [0.1, 0.15) is 11.5 Å². The zero-order valence-corrected chi connectivity index (χ0v) is 10.9. The summed E-state index contributed by atoms with van der Waals surface area (Å²) in [5, 5.41) is 0. The van der Waals surface area contributed by atoms with Crippen molar-refractivity contribution in [2.24, 2.45) is 0 Å². The topological polar surface area (TPSA) is 61.8 Å². The van der Waals surface area contributed by atoms with E-state index >= 15 is 0 Å². The fourth-order valence-electron chi connectivity index (χ4n) is 1.47. The third-order valence-corrected chi connectivity index (χ3v) is 2.40. The summed E-state index contributed by atoms with van der Waals surface area (Å²) >= 11 is 0. The summed E-state index contributed by atoms with van der Waals surface area (Å²) < 4.78 is 28.1. The third kappa shape index (κ3) is 3.43. The molecule has 0 heterocycles. The molecule has 1 unspecified atom stereocenters. The van der Waals surface area contributed by atoms with E-state index < -0.39 is 17.9 Å². The maximum Gasteiger partial charge on any atom is 0.349 e. The lowest BCUT2D eigenvalue weighted by atomic mass is 10.1. The van der Waals surface area contributed by atoms with Gasteiger partial charge in [-0.1, -0.05) is 0 Å². The average Bonchev–Trinajstić information content (AvgIpc) is 2.45. The Morgan fingerprint density at radius 1 is 1.26 bits per heavy atom. The van der Waals surface area contributed by atoms with Crippen LogP contribution in [0.1, 0.15) is 17.3 Å². The Bertz CT molecular complexity index is 472. The zero-order valence-electron chi connectivity index (χ0n) is 10.9. The van der Waals surface area contributed by atoms with E-state index in [-0.39, 0.29) is 17.9 Å². The molecule has 1 aromatic carbocycles. The van der Waals surface area contributed by atoms with Gasteiger partial charge in [0.15, 0.2) is 0 Å². The molecule has 0 spiro atoms. The molecule has 0 fully saturated rings. The van der Waals surface area contributed by atoms with Crippen molar-refractivity contribution < 1.29 is 28.2 Å². The fourth-order valence-corrected chi connectivity index (χ4v) is 1.47. The average molecular weight is 270 g/mol. The Labute approximate surface area is 110 Å². The van der Waals surface area contributed by atoms with Crippen molar-refractivity contribution in [3.8, 4) is 11.5 Å². The molecule has 6 heteroatoms. The van der Waals surface area contributed by atoms with Gasteiger partial charge in [-0.3, -0.25) is 4.79 Å². The SMILES string of the molecule is CCOC(=O)C(F)C(=O)c1cc(OC)ccc1OC. The highest BCUT2D eigenvalue weighted by Gasteiger charge is 2.30. The van der Waals surface area contributed by atoms with Crippen LogP contribution in [0, 0.1) is 0 Å². The molecular formula is C13H15FO5. The van der Waals surface area contributed by atoms with E-state index in [2.05, 4.69) is 4.74 Å². The Balaban J connectivity index is 3.06. The number of ether oxygens (including phenoxy) is 3. The number of alkyl halides is 1. The highest BCUT2D eigenvalue weighted by Crippen LogP contribution is 2.26. The van der Waals surface area contributed by atoms with Gasteiger partial charge in [0.05, 0.1) is 26.4 Å². The number of hydrogen-bond donors (Lipinski definition) is 0. The van der Waals surface area contributed by atoms with E-state index in [1.165, 1.54) is 33.3 Å². The van der Waals surface area contributed by atoms with E-state index in [0.717, 1.165) is 0 Å². The number of methoxy groups -OCH3 is 2. The van der Waals surface area contributed by atoms with E-state index in [4.69, 9.17) is 9.47 Å². The van der Waals surface area contributed by atoms with Crippen molar-refractivity contribution in [1.82, 2.24) is 0 Å². The van der Waals surface area contributed by atoms with Crippen LogP contribution >= 0.6 is 0 Å². The molecule has 0 aliphatic rings. The van der Waals surface area contributed by atoms with Gasteiger partial charge in [-0.15, -0.1) is 0 Å². The van der Waals surface area contributed by atoms with Crippen molar-refractivity contribution in [3.05, 3.63) is 23.8 Å². The number of Topliss-reactive ketones (excluding diaryl/α,β-unsaturated/α-hetero) is 1. The number of esters is 1. The van der Waals surface area contributed by atoms with Crippen LogP contribution in [0.15, 0.2) is 18.2 Å². The first-order chi connectivity index (χ1) is 9.04. The van der Waals surface area contributed by atoms with Crippen molar-refractivity contribution in [2.45, 2.75) is 13.1 Å². The number of rotatable bonds is 6. The maximum absolute atomic E-state index is 13.7. The molecule has 0 bridgehead atoms. The Morgan fingerprint density at radius 3 is 2.47 bits per heavy atom. The van der Waals surface area contributed by atoms with Crippen LogP contribution in [0.5, 0.6) is 11.5 Å². The van der Waals surface area contributed by atoms with Crippen molar-refractivity contribution in [1.29, 1.82) is 0 Å². The predicted octanol–water partition coefficient (Wildman–Crippen LogP) is 1.79. The van der Waals surface area contributed by atoms with Crippen LogP contribution in [-0.4, -0.2) is 38.8 Å². The standard InChI is InChI=1S/C13H15FO5/c1-4-19-13(16)11(14)12(15)9-7-8(17-2)5-6-10(9)18-3/h5-7,11H,4H2,1-3H3. The molecule has 0 aliphatic carbocycles. The molecule has 0 N–H and O–H groups in total. The van der Waals surface area contributed by atoms with E-state index in [9.17, 15) is 14.0 Å². The first-order valence-corrected chi connectivity index (χ1v) is 5.62. The number of carbonyl (C=O) groups excluding carboxylic acids is 2. The third-order valence-electron chi connectivity index (χ3n) is 2.40. The Morgan fingerprint density at radius 2 is 1.95 bits per heavy atom. The van der Waals surface area contributed by atoms with Crippen LogP contribution in [0.2, 0.25) is 0 Å². The lowest BCUT2D eigenvalue weighted by Crippen LogP contribution is -2.28. The van der Waals surface area contributed by atoms with Crippen LogP contribution in [0.3, 0.4) is 0 Å². The van der Waals surface area contributed by atoms with Crippen molar-refractivity contribution in [3.63, 3.8) is 0 Å². The molecular weight excluding hydrogens is 255 g/mol. The van der Waals surface area contributed by atoms with Crippen LogP contribution in [0.4, 0.5) is 4.39 Å². The Hall–Kier alpha value is -2.11. The highest BCUT2D eigenvalue weighted by atomic mass is 19.1. The smallest absolute Gasteiger partial charge is 0.349 e. The van der Waals surface area contributed by atoms with Crippen molar-refractivity contribution >= 4 is 11.8 Å². The molecule has 1 atom stereocenters. The first-order valence-electron chi connectivity index (χ1n) is 5.62. The number of carbonyl (C=O) groups is 2. The van der Waals surface area contributed by atoms with Gasteiger partial charge < -0.3 is 14.2 Å². The van der Waals surface area contributed by atoms with Gasteiger partial charge >= 0.3 is 5.97 Å². The molecule has 104 valence electrons. The lowest BCUT2D eigenvalue weighted by molar-refractivity contribution is -0.147. The summed E-state index contributed by atoms with van der Waals surface area (Å²) in [5.74, 6) is -1.70. The number of halogens is 1. The van der Waals surface area contributed by atoms with E-state index in [1.807, 2.05) is 0 Å². The second-order valence-electron chi connectivity index (χ2n) is 3.55. The van der Waals surface area contributed by atoms with Crippen molar-refractivity contribution in [2.75, 3.05) is 20.8 Å². The van der Waals surface area contributed by atoms with E-state index in [0.29, 0.717) is 5.75 Å². The highest BCUT2D eigenvalue weighted by molar-refractivity contribution is 6.12. The van der Waals surface area contributed by atoms with Gasteiger partial charge in [0, 0.05) is 0 Å². The van der Waals surface area contributed by atoms with Gasteiger partial charge in [-0.2, -0.15) is 0 Å². The van der Waals surface area contributed by atoms with Crippen LogP contribution in [-0.2, 0) is 9.53 Å². The fraction of sp³-hybridized carbons (Fsp3) is 0.385. The minimum atomic E-state index is -2.37. The molecule has 0 amide bonds. The molecule has 0 aromatic heterocycles. The monoisotopic (exact) mass is 270 g/mol. The zero-order chi connectivity index (χ0) is 14.4. The summed E-state index contributed by atoms with van der Waals surface area (Å²) in [5.41, 5.74) is -0.0672. The normalized spacial score (nSPS) is 11.6. The molecule has 5 nitrogen and oxygen atoms in total. The first kappa shape index (κ1) is 14.9. The van der Waals surface area contributed by atoms with Gasteiger partial charge in [0.2, 0.25) is 5.78 Å². The second-order valence-corrected chi connectivity index (χ2v) is 3.55. The molecule has 0 saturated carbocycles. The number of hydrogen-bond acceptors (Lipinski definition) is 5. The summed E-state index contributed by atoms with van der Waals surface area (Å²) in [4.78, 5) is 23.1. The number of ketones is 1. The quantitative estimate of drug-likeness (QED) is 0.448. The lowest BCUT2D eigenvalue weighted by Gasteiger charge is -2.11. The Kier molecular flexibility index (Phi) is 5.29. The number of benzene rings is 1. The largest absolute Gasteiger partial charge is 0.497 e. The van der Waals surface area contributed by atoms with Crippen LogP contribution < -0.4 is 9.47 Å². The maximum atomic E-state index is 13.7. The predicted molar refractivity (Wildman–Crippen MR) is 65.4 cm³/mol. The summed E-state index contributed by atoms with van der Waals surface area (Å²) in [6.45, 7) is 1.53. The summed E-state index contributed by atoms with van der Waals surface area (Å²) in [6.07, 6.45) is -2.37. The molecule has 0 radical (unpaired) electrons. The van der Waals surface area contributed by atoms with Gasteiger partial charge in [-0.05, 0) is 25.1 Å². The minimum Gasteiger partial charge on any atom is -0.497 e. The van der Waals surface area contributed by atoms with Gasteiger partial charge in [-0.25, -0.2) is 9.18 Å². The molecule has 0 aliphatic heterocycles. The molecule has 0 saturated heterocycles. The molecule has 1 rings (SSSR count). The van der Waals surface area contributed by atoms with Gasteiger partial charge in [0.25, 0.3) is 6.17 Å². The minimum absolute atomic E-state index is 0.00176. The summed E-state index contributed by atoms with van der Waals surface area (Å²) in [6, 6.07) is 4.34. The molecule has 1 aromatic rings. The molecule has 19 heavy (non-hydrogen) atoms. The summed E-state index contributed by atoms with van der Waals surface area (Å²) in [7, 11) is 2.75. The van der Waals surface area contributed by atoms with E-state index in [1.54, 1.807) is 6.07 Å². The van der Waals surface area contributed by atoms with Crippen LogP contribution in [0.25, 0.3) is 0 Å². The second kappa shape index (κ2) is 6.72.